The number of nitrogens with two attached hydrogens (primary N) is 1. The number of nitrogens with zero attached hydrogens (tertiary/aromatic N) is 3. The molecule has 3 heterocycles. The number of anilines is 1. The number of fused-ring (bicyclic) bond motifs is 1. The van der Waals surface area contributed by atoms with Gasteiger partial charge in [0.1, 0.15) is 17.8 Å². The van der Waals surface area contributed by atoms with Gasteiger partial charge in [-0.1, -0.05) is 4.98 Å². The van der Waals surface area contributed by atoms with E-state index in [0.29, 0.717) is 0 Å². The molecule has 0 radical (unpaired) electrons. The fourth-order valence-electron chi connectivity index (χ4n) is 2.99. The van der Waals surface area contributed by atoms with Gasteiger partial charge in [0.2, 0.25) is 11.7 Å². The normalized spacial score (nSPS) is 29.5. The van der Waals surface area contributed by atoms with Crippen LogP contribution in [0.1, 0.15) is 13.2 Å². The van der Waals surface area contributed by atoms with Crippen molar-refractivity contribution in [3.63, 3.8) is 0 Å². The Morgan fingerprint density at radius 1 is 1.58 bits per heavy atom. The van der Waals surface area contributed by atoms with Crippen LogP contribution in [0.2, 0.25) is 0 Å². The number of ether oxygens (including phenoxy) is 1. The zero-order chi connectivity index (χ0) is 19.4. The largest absolute Gasteiger partial charge is 0.469 e. The lowest BCUT2D eigenvalue weighted by Crippen LogP contribution is -2.53. The molecule has 14 heteroatoms. The second kappa shape index (κ2) is 6.09. The number of hydrogen-bond acceptors (Lipinski definition) is 8. The van der Waals surface area contributed by atoms with Gasteiger partial charge in [0.15, 0.2) is 6.33 Å². The molecular weight excluding hydrogens is 373 g/mol. The second-order valence-electron chi connectivity index (χ2n) is 6.24. The number of aromatic amines is 1. The van der Waals surface area contributed by atoms with Crippen LogP contribution < -0.4 is 15.9 Å². The number of nitrogens with one attached hydrogen (secondary N) is 1. The Hall–Kier alpha value is -1.86. The maximum absolute atomic E-state index is 12.1. The fourth-order valence-corrected chi connectivity index (χ4v) is 3.33. The van der Waals surface area contributed by atoms with E-state index in [1.165, 1.54) is 22.4 Å². The summed E-state index contributed by atoms with van der Waals surface area (Å²) in [5.74, 6) is -0.151. The maximum atomic E-state index is 12.1. The highest BCUT2D eigenvalue weighted by Gasteiger charge is 2.56. The van der Waals surface area contributed by atoms with Gasteiger partial charge in [0, 0.05) is 0 Å². The minimum absolute atomic E-state index is 0.0998. The van der Waals surface area contributed by atoms with Crippen molar-refractivity contribution in [1.82, 2.24) is 14.5 Å². The van der Waals surface area contributed by atoms with Crippen LogP contribution in [0.25, 0.3) is 11.2 Å². The monoisotopic (exact) mass is 392 g/mol. The van der Waals surface area contributed by atoms with Crippen LogP contribution in [0.3, 0.4) is 0 Å². The van der Waals surface area contributed by atoms with E-state index in [1.807, 2.05) is 0 Å². The molecule has 0 spiro atoms. The fraction of sp³-hybridized carbons (Fsp3) is 0.583. The number of rotatable bonds is 4. The Morgan fingerprint density at radius 3 is 2.85 bits per heavy atom. The maximum Gasteiger partial charge on any atom is 0.469 e. The van der Waals surface area contributed by atoms with Gasteiger partial charge in [-0.2, -0.15) is 0 Å². The number of aliphatic hydroxyl groups excluding tert-OH is 1. The van der Waals surface area contributed by atoms with Gasteiger partial charge in [-0.05, 0) is 6.92 Å². The second-order valence-corrected chi connectivity index (χ2v) is 7.48. The van der Waals surface area contributed by atoms with Crippen molar-refractivity contribution in [3.05, 3.63) is 16.7 Å². The van der Waals surface area contributed by atoms with Gasteiger partial charge >= 0.3 is 13.5 Å². The zero-order valence-electron chi connectivity index (χ0n) is 13.8. The third-order valence-corrected chi connectivity index (χ3v) is 4.69. The Kier molecular flexibility index (Phi) is 4.43. The molecule has 1 aliphatic rings. The van der Waals surface area contributed by atoms with Gasteiger partial charge in [0.05, 0.1) is 13.7 Å². The van der Waals surface area contributed by atoms with E-state index in [-0.39, 0.29) is 17.1 Å². The number of aryl methyl sites for hydroxylation is 1. The Morgan fingerprint density at radius 2 is 2.23 bits per heavy atom. The lowest BCUT2D eigenvalue weighted by atomic mass is 9.96. The molecule has 13 nitrogen and oxygen atoms in total. The summed E-state index contributed by atoms with van der Waals surface area (Å²) in [6, 6.07) is 0. The van der Waals surface area contributed by atoms with E-state index in [4.69, 9.17) is 20.3 Å². The van der Waals surface area contributed by atoms with Crippen molar-refractivity contribution in [2.24, 2.45) is 7.05 Å². The molecule has 0 saturated carbocycles. The molecule has 0 amide bonds. The van der Waals surface area contributed by atoms with Crippen molar-refractivity contribution in [3.8, 4) is 0 Å². The van der Waals surface area contributed by atoms with Gasteiger partial charge in [-0.25, -0.2) is 9.13 Å². The van der Waals surface area contributed by atoms with Gasteiger partial charge in [-0.3, -0.25) is 18.9 Å². The summed E-state index contributed by atoms with van der Waals surface area (Å²) in [6.07, 6.45) is -2.56. The number of aromatic nitrogens is 4. The highest BCUT2D eigenvalue weighted by molar-refractivity contribution is 7.46. The molecule has 0 aliphatic carbocycles. The van der Waals surface area contributed by atoms with E-state index in [0.717, 1.165) is 0 Å². The smallest absolute Gasteiger partial charge is 0.387 e. The summed E-state index contributed by atoms with van der Waals surface area (Å²) in [4.78, 5) is 36.1. The van der Waals surface area contributed by atoms with Crippen molar-refractivity contribution in [2.45, 2.75) is 31.0 Å². The van der Waals surface area contributed by atoms with Crippen LogP contribution >= 0.6 is 7.82 Å². The summed E-state index contributed by atoms with van der Waals surface area (Å²) < 4.78 is 23.5. The van der Waals surface area contributed by atoms with Gasteiger partial charge < -0.3 is 30.5 Å². The first-order chi connectivity index (χ1) is 11.9. The van der Waals surface area contributed by atoms with E-state index < -0.39 is 44.0 Å². The van der Waals surface area contributed by atoms with E-state index in [2.05, 4.69) is 14.5 Å². The molecule has 1 aliphatic heterocycles. The summed E-state index contributed by atoms with van der Waals surface area (Å²) in [5, 5.41) is 21.0. The highest BCUT2D eigenvalue weighted by Crippen LogP contribution is 2.40. The van der Waals surface area contributed by atoms with Crippen molar-refractivity contribution in [2.75, 3.05) is 12.3 Å². The number of hydrogen-bond donors (Lipinski definition) is 6. The van der Waals surface area contributed by atoms with Crippen LogP contribution in [-0.2, 0) is 20.9 Å². The first-order valence-corrected chi connectivity index (χ1v) is 8.97. The van der Waals surface area contributed by atoms with Crippen LogP contribution in [0.15, 0.2) is 11.1 Å². The molecule has 0 bridgehead atoms. The first-order valence-electron chi connectivity index (χ1n) is 7.44. The summed E-state index contributed by atoms with van der Waals surface area (Å²) >= 11 is 0. The standard InChI is InChI=1S/C12H18N5O8P/c1-12(20)7(18)5(3-24-26(21,22)23)25-10(12)17-4-16(2)6-8(17)14-11(13)15-9(6)19/h4-5,7,10,18,20H,3H2,1-2H3,(H4-,13,14,15,19,21,22,23)/p+1/t5-,7-,10?,12-/m1/s1. The predicted octanol–water partition coefficient (Wildman–Crippen LogP) is -2.75. The number of phosphoric ester groups is 1. The summed E-state index contributed by atoms with van der Waals surface area (Å²) in [7, 11) is -3.21. The first kappa shape index (κ1) is 18.9. The van der Waals surface area contributed by atoms with Crippen molar-refractivity contribution in [1.29, 1.82) is 0 Å². The third kappa shape index (κ3) is 3.14. The predicted molar refractivity (Wildman–Crippen MR) is 84.5 cm³/mol. The molecule has 1 unspecified atom stereocenters. The zero-order valence-corrected chi connectivity index (χ0v) is 14.7. The summed E-state index contributed by atoms with van der Waals surface area (Å²) in [5.41, 5.74) is 3.45. The lowest BCUT2D eigenvalue weighted by molar-refractivity contribution is -0.752. The van der Waals surface area contributed by atoms with Gasteiger partial charge in [-0.15, -0.1) is 0 Å². The number of imidazole rings is 1. The average molecular weight is 392 g/mol. The van der Waals surface area contributed by atoms with E-state index in [9.17, 15) is 19.6 Å². The molecule has 2 aromatic heterocycles. The van der Waals surface area contributed by atoms with E-state index in [1.54, 1.807) is 7.05 Å². The minimum Gasteiger partial charge on any atom is -0.387 e. The number of phosphoric acid groups is 1. The number of H-pyrrole nitrogens is 1. The van der Waals surface area contributed by atoms with Crippen LogP contribution in [-0.4, -0.2) is 59.0 Å². The molecule has 0 aromatic carbocycles. The molecule has 1 saturated heterocycles. The third-order valence-electron chi connectivity index (χ3n) is 4.20. The van der Waals surface area contributed by atoms with Crippen LogP contribution in [0.5, 0.6) is 0 Å². The Balaban J connectivity index is 2.03. The molecular formula is C12H19N5O8P+. The topological polar surface area (TPSA) is 197 Å². The number of aliphatic hydroxyl groups is 2. The SMILES string of the molecule is Cn1c[n+](C2O[C@H](COP(=O)(O)O)[C@@H](O)[C@@]2(C)O)c2nc(N)[nH]c(=O)c21. The minimum atomic E-state index is -4.78. The number of nitrogen functional groups attached to an aromatic ring is 1. The van der Waals surface area contributed by atoms with Crippen molar-refractivity contribution >= 4 is 24.9 Å². The van der Waals surface area contributed by atoms with E-state index >= 15 is 0 Å². The van der Waals surface area contributed by atoms with Crippen molar-refractivity contribution < 1.29 is 38.4 Å². The molecule has 2 aromatic rings. The molecule has 4 atom stereocenters. The molecule has 1 fully saturated rings. The molecule has 7 N–H and O–H groups in total. The molecule has 26 heavy (non-hydrogen) atoms. The lowest BCUT2D eigenvalue weighted by Gasteiger charge is -2.24. The average Bonchev–Trinajstić information content (AvgIpc) is 2.92. The Bertz CT molecular complexity index is 949. The molecule has 3 rings (SSSR count). The molecule has 144 valence electrons. The summed E-state index contributed by atoms with van der Waals surface area (Å²) in [6.45, 7) is 0.627. The van der Waals surface area contributed by atoms with Crippen LogP contribution in [0.4, 0.5) is 5.95 Å². The van der Waals surface area contributed by atoms with Crippen LogP contribution in [0, 0.1) is 0 Å². The highest BCUT2D eigenvalue weighted by atomic mass is 31.2. The van der Waals surface area contributed by atoms with Gasteiger partial charge in [0.25, 0.3) is 11.5 Å². The Labute approximate surface area is 145 Å². The quantitative estimate of drug-likeness (QED) is 0.234.